The molecule has 0 aliphatic heterocycles. The lowest BCUT2D eigenvalue weighted by Crippen LogP contribution is -2.45. The lowest BCUT2D eigenvalue weighted by atomic mass is 9.84. The first kappa shape index (κ1) is 20.0. The topological polar surface area (TPSA) is 95.6 Å². The van der Waals surface area contributed by atoms with E-state index in [0.29, 0.717) is 22.4 Å². The molecular formula is C23H23N3O4. The van der Waals surface area contributed by atoms with Crippen molar-refractivity contribution in [1.29, 1.82) is 0 Å². The Morgan fingerprint density at radius 2 is 1.60 bits per heavy atom. The Bertz CT molecular complexity index is 1060. The normalized spacial score (nSPS) is 16.0. The Hall–Kier alpha value is -3.32. The van der Waals surface area contributed by atoms with Crippen molar-refractivity contribution in [3.8, 4) is 0 Å². The molecule has 7 nitrogen and oxygen atoms in total. The molecule has 2 aromatic carbocycles. The summed E-state index contributed by atoms with van der Waals surface area (Å²) in [5.74, 6) is -0.839. The van der Waals surface area contributed by atoms with Crippen LogP contribution in [0.5, 0.6) is 0 Å². The number of rotatable bonds is 6. The van der Waals surface area contributed by atoms with Gasteiger partial charge in [-0.1, -0.05) is 24.3 Å². The highest BCUT2D eigenvalue weighted by atomic mass is 16.2. The summed E-state index contributed by atoms with van der Waals surface area (Å²) < 4.78 is 0. The molecule has 2 aliphatic rings. The highest BCUT2D eigenvalue weighted by molar-refractivity contribution is 6.28. The molecular weight excluding hydrogens is 382 g/mol. The van der Waals surface area contributed by atoms with Gasteiger partial charge in [-0.2, -0.15) is 0 Å². The number of hydrogen-bond acceptors (Lipinski definition) is 5. The Morgan fingerprint density at radius 1 is 1.00 bits per heavy atom. The van der Waals surface area contributed by atoms with E-state index in [1.165, 1.54) is 6.07 Å². The minimum Gasteiger partial charge on any atom is -0.352 e. The van der Waals surface area contributed by atoms with Crippen LogP contribution in [0, 0.1) is 0 Å². The van der Waals surface area contributed by atoms with Crippen molar-refractivity contribution >= 4 is 29.1 Å². The number of ketones is 2. The molecule has 1 saturated carbocycles. The van der Waals surface area contributed by atoms with E-state index < -0.39 is 6.04 Å². The van der Waals surface area contributed by atoms with Gasteiger partial charge < -0.3 is 10.6 Å². The van der Waals surface area contributed by atoms with E-state index in [1.54, 1.807) is 55.3 Å². The van der Waals surface area contributed by atoms with Crippen LogP contribution in [0.3, 0.4) is 0 Å². The molecule has 0 unspecified atom stereocenters. The average Bonchev–Trinajstić information content (AvgIpc) is 3.55. The summed E-state index contributed by atoms with van der Waals surface area (Å²) in [5.41, 5.74) is 1.81. The number of fused-ring (bicyclic) bond motifs is 2. The third kappa shape index (κ3) is 3.89. The van der Waals surface area contributed by atoms with E-state index in [1.807, 2.05) is 0 Å². The smallest absolute Gasteiger partial charge is 0.241 e. The van der Waals surface area contributed by atoms with Gasteiger partial charge in [-0.15, -0.1) is 0 Å². The molecule has 1 atom stereocenters. The van der Waals surface area contributed by atoms with Gasteiger partial charge in [0, 0.05) is 34.0 Å². The third-order valence-corrected chi connectivity index (χ3v) is 5.57. The van der Waals surface area contributed by atoms with Crippen LogP contribution in [0.4, 0.5) is 5.69 Å². The molecule has 0 spiro atoms. The van der Waals surface area contributed by atoms with Crippen molar-refractivity contribution in [2.75, 3.05) is 18.9 Å². The second-order valence-electron chi connectivity index (χ2n) is 7.89. The molecule has 0 heterocycles. The molecule has 4 rings (SSSR count). The first-order valence-electron chi connectivity index (χ1n) is 9.98. The van der Waals surface area contributed by atoms with Crippen LogP contribution in [0.25, 0.3) is 0 Å². The monoisotopic (exact) mass is 405 g/mol. The predicted octanol–water partition coefficient (Wildman–Crippen LogP) is 2.00. The van der Waals surface area contributed by atoms with E-state index in [0.717, 1.165) is 12.8 Å². The zero-order valence-electron chi connectivity index (χ0n) is 16.9. The number of likely N-dealkylation sites (N-methyl/N-ethyl adjacent to an activating group) is 1. The van der Waals surface area contributed by atoms with Gasteiger partial charge in [0.1, 0.15) is 0 Å². The molecule has 30 heavy (non-hydrogen) atoms. The van der Waals surface area contributed by atoms with Gasteiger partial charge in [0.25, 0.3) is 0 Å². The summed E-state index contributed by atoms with van der Waals surface area (Å²) in [6.07, 6.45) is 2.02. The quantitative estimate of drug-likeness (QED) is 0.654. The fourth-order valence-electron chi connectivity index (χ4n) is 3.49. The Kier molecular flexibility index (Phi) is 5.22. The van der Waals surface area contributed by atoms with Gasteiger partial charge >= 0.3 is 0 Å². The van der Waals surface area contributed by atoms with Crippen LogP contribution < -0.4 is 10.6 Å². The van der Waals surface area contributed by atoms with E-state index in [9.17, 15) is 19.2 Å². The number of carbonyl (C=O) groups is 4. The van der Waals surface area contributed by atoms with Crippen LogP contribution >= 0.6 is 0 Å². The fourth-order valence-corrected chi connectivity index (χ4v) is 3.49. The van der Waals surface area contributed by atoms with Gasteiger partial charge in [-0.05, 0) is 45.0 Å². The molecule has 0 saturated heterocycles. The maximum atomic E-state index is 12.8. The summed E-state index contributed by atoms with van der Waals surface area (Å²) in [6.45, 7) is 1.84. The molecule has 0 bridgehead atoms. The molecule has 2 aliphatic carbocycles. The molecule has 7 heteroatoms. The second kappa shape index (κ2) is 7.84. The SMILES string of the molecule is C[C@H](C(=O)Nc1ccc2c(c1)C(=O)c1ccccc1C2=O)N(C)CC(=O)NC1CC1. The van der Waals surface area contributed by atoms with Crippen LogP contribution in [0.15, 0.2) is 42.5 Å². The van der Waals surface area contributed by atoms with Gasteiger partial charge in [0.05, 0.1) is 12.6 Å². The highest BCUT2D eigenvalue weighted by Gasteiger charge is 2.30. The number of nitrogens with one attached hydrogen (secondary N) is 2. The summed E-state index contributed by atoms with van der Waals surface area (Å²) in [6, 6.07) is 11.2. The van der Waals surface area contributed by atoms with Crippen molar-refractivity contribution in [3.05, 3.63) is 64.7 Å². The Balaban J connectivity index is 1.46. The average molecular weight is 405 g/mol. The van der Waals surface area contributed by atoms with E-state index in [2.05, 4.69) is 10.6 Å². The van der Waals surface area contributed by atoms with Crippen molar-refractivity contribution in [2.45, 2.75) is 31.8 Å². The number of amides is 2. The molecule has 154 valence electrons. The molecule has 2 aromatic rings. The molecule has 0 radical (unpaired) electrons. The Labute approximate surface area is 174 Å². The first-order chi connectivity index (χ1) is 14.3. The summed E-state index contributed by atoms with van der Waals surface area (Å²) in [5, 5.41) is 5.68. The molecule has 2 amide bonds. The second-order valence-corrected chi connectivity index (χ2v) is 7.89. The lowest BCUT2D eigenvalue weighted by molar-refractivity contribution is -0.124. The zero-order chi connectivity index (χ0) is 21.4. The molecule has 2 N–H and O–H groups in total. The maximum absolute atomic E-state index is 12.8. The third-order valence-electron chi connectivity index (χ3n) is 5.57. The van der Waals surface area contributed by atoms with Crippen LogP contribution in [-0.4, -0.2) is 54.0 Å². The number of nitrogens with zero attached hydrogens (tertiary/aromatic N) is 1. The molecule has 0 aromatic heterocycles. The van der Waals surface area contributed by atoms with Gasteiger partial charge in [0.2, 0.25) is 11.8 Å². The number of benzene rings is 2. The first-order valence-corrected chi connectivity index (χ1v) is 9.98. The van der Waals surface area contributed by atoms with Crippen molar-refractivity contribution < 1.29 is 19.2 Å². The number of hydrogen-bond donors (Lipinski definition) is 2. The van der Waals surface area contributed by atoms with Crippen LogP contribution in [0.2, 0.25) is 0 Å². The van der Waals surface area contributed by atoms with Crippen molar-refractivity contribution in [2.24, 2.45) is 0 Å². The van der Waals surface area contributed by atoms with Gasteiger partial charge in [-0.3, -0.25) is 24.1 Å². The van der Waals surface area contributed by atoms with Crippen molar-refractivity contribution in [3.63, 3.8) is 0 Å². The minimum atomic E-state index is -0.552. The largest absolute Gasteiger partial charge is 0.352 e. The number of anilines is 1. The summed E-state index contributed by atoms with van der Waals surface area (Å²) in [7, 11) is 1.71. The van der Waals surface area contributed by atoms with Gasteiger partial charge in [-0.25, -0.2) is 0 Å². The van der Waals surface area contributed by atoms with E-state index in [-0.39, 0.29) is 41.5 Å². The zero-order valence-corrected chi connectivity index (χ0v) is 16.9. The van der Waals surface area contributed by atoms with Gasteiger partial charge in [0.15, 0.2) is 11.6 Å². The number of carbonyl (C=O) groups excluding carboxylic acids is 4. The lowest BCUT2D eigenvalue weighted by Gasteiger charge is -2.24. The standard InChI is InChI=1S/C23H23N3O4/c1-13(26(2)12-20(27)24-14-7-8-14)23(30)25-15-9-10-18-19(11-15)22(29)17-6-4-3-5-16(17)21(18)28/h3-6,9-11,13-14H,7-8,12H2,1-2H3,(H,24,27)(H,25,30)/t13-/m1/s1. The summed E-state index contributed by atoms with van der Waals surface area (Å²) >= 11 is 0. The van der Waals surface area contributed by atoms with Crippen molar-refractivity contribution in [1.82, 2.24) is 10.2 Å². The fraction of sp³-hybridized carbons (Fsp3) is 0.304. The van der Waals surface area contributed by atoms with E-state index in [4.69, 9.17) is 0 Å². The van der Waals surface area contributed by atoms with Crippen LogP contribution in [0.1, 0.15) is 51.6 Å². The predicted molar refractivity (Wildman–Crippen MR) is 112 cm³/mol. The minimum absolute atomic E-state index is 0.101. The summed E-state index contributed by atoms with van der Waals surface area (Å²) in [4.78, 5) is 51.8. The molecule has 1 fully saturated rings. The Morgan fingerprint density at radius 3 is 2.23 bits per heavy atom. The maximum Gasteiger partial charge on any atom is 0.241 e. The van der Waals surface area contributed by atoms with E-state index >= 15 is 0 Å². The highest BCUT2D eigenvalue weighted by Crippen LogP contribution is 2.29. The van der Waals surface area contributed by atoms with Crippen LogP contribution in [-0.2, 0) is 9.59 Å².